The van der Waals surface area contributed by atoms with E-state index in [2.05, 4.69) is 4.72 Å². The van der Waals surface area contributed by atoms with Crippen LogP contribution in [-0.2, 0) is 14.8 Å². The minimum Gasteiger partial charge on any atom is -0.389 e. The van der Waals surface area contributed by atoms with Gasteiger partial charge in [0.05, 0.1) is 4.90 Å². The number of sulfonamides is 1. The second-order valence-electron chi connectivity index (χ2n) is 4.32. The Morgan fingerprint density at radius 1 is 1.30 bits per heavy atom. The third-order valence-electron chi connectivity index (χ3n) is 2.58. The Kier molecular flexibility index (Phi) is 5.61. The molecule has 0 bridgehead atoms. The summed E-state index contributed by atoms with van der Waals surface area (Å²) in [6, 6.07) is 5.93. The SMILES string of the molecule is CN(C)C(=O)CCNS(=O)(=O)c1ccc(C(N)=S)cc1. The zero-order valence-electron chi connectivity index (χ0n) is 11.3. The fraction of sp³-hybridized carbons (Fsp3) is 0.333. The molecular formula is C12H17N3O3S2. The number of nitrogens with two attached hydrogens (primary N) is 1. The smallest absolute Gasteiger partial charge is 0.240 e. The van der Waals surface area contributed by atoms with E-state index in [1.54, 1.807) is 26.2 Å². The van der Waals surface area contributed by atoms with Crippen LogP contribution in [0.1, 0.15) is 12.0 Å². The topological polar surface area (TPSA) is 92.5 Å². The molecule has 0 atom stereocenters. The Hall–Kier alpha value is -1.51. The van der Waals surface area contributed by atoms with Gasteiger partial charge in [0.1, 0.15) is 4.99 Å². The van der Waals surface area contributed by atoms with Gasteiger partial charge in [0.2, 0.25) is 15.9 Å². The lowest BCUT2D eigenvalue weighted by atomic mass is 10.2. The molecule has 0 fully saturated rings. The van der Waals surface area contributed by atoms with Crippen LogP contribution < -0.4 is 10.5 Å². The highest BCUT2D eigenvalue weighted by Crippen LogP contribution is 2.10. The van der Waals surface area contributed by atoms with E-state index in [1.165, 1.54) is 17.0 Å². The average molecular weight is 315 g/mol. The third kappa shape index (κ3) is 4.55. The number of carbonyl (C=O) groups excluding carboxylic acids is 1. The number of hydrogen-bond donors (Lipinski definition) is 2. The zero-order valence-corrected chi connectivity index (χ0v) is 12.9. The predicted molar refractivity (Wildman–Crippen MR) is 80.8 cm³/mol. The number of rotatable bonds is 6. The Labute approximate surface area is 124 Å². The molecule has 0 aliphatic carbocycles. The standard InChI is InChI=1S/C12H17N3O3S2/c1-15(2)11(16)7-8-14-20(17,18)10-5-3-9(4-6-10)12(13)19/h3-6,14H,7-8H2,1-2H3,(H2,13,19). The van der Waals surface area contributed by atoms with Gasteiger partial charge in [0.25, 0.3) is 0 Å². The van der Waals surface area contributed by atoms with Gasteiger partial charge < -0.3 is 10.6 Å². The Morgan fingerprint density at radius 2 is 1.85 bits per heavy atom. The molecule has 0 saturated carbocycles. The molecule has 0 aromatic heterocycles. The van der Waals surface area contributed by atoms with E-state index in [-0.39, 0.29) is 28.8 Å². The summed E-state index contributed by atoms with van der Waals surface area (Å²) in [5.41, 5.74) is 6.04. The van der Waals surface area contributed by atoms with Crippen LogP contribution in [0.2, 0.25) is 0 Å². The summed E-state index contributed by atoms with van der Waals surface area (Å²) in [6.07, 6.45) is 0.108. The molecule has 20 heavy (non-hydrogen) atoms. The molecule has 3 N–H and O–H groups in total. The number of nitrogens with one attached hydrogen (secondary N) is 1. The lowest BCUT2D eigenvalue weighted by Crippen LogP contribution is -2.30. The number of hydrogen-bond acceptors (Lipinski definition) is 4. The molecular weight excluding hydrogens is 298 g/mol. The molecule has 1 aromatic rings. The molecule has 0 heterocycles. The molecule has 110 valence electrons. The fourth-order valence-electron chi connectivity index (χ4n) is 1.40. The van der Waals surface area contributed by atoms with Crippen molar-refractivity contribution in [2.24, 2.45) is 5.73 Å². The summed E-state index contributed by atoms with van der Waals surface area (Å²) >= 11 is 4.79. The lowest BCUT2D eigenvalue weighted by Gasteiger charge is -2.11. The van der Waals surface area contributed by atoms with Crippen LogP contribution in [0.4, 0.5) is 0 Å². The summed E-state index contributed by atoms with van der Waals surface area (Å²) in [4.78, 5) is 13.1. The van der Waals surface area contributed by atoms with Crippen molar-refractivity contribution in [2.45, 2.75) is 11.3 Å². The maximum atomic E-state index is 12.0. The van der Waals surface area contributed by atoms with E-state index >= 15 is 0 Å². The second kappa shape index (κ2) is 6.78. The van der Waals surface area contributed by atoms with E-state index < -0.39 is 10.0 Å². The molecule has 1 aromatic carbocycles. The van der Waals surface area contributed by atoms with Gasteiger partial charge in [-0.05, 0) is 12.1 Å². The van der Waals surface area contributed by atoms with Crippen molar-refractivity contribution in [1.82, 2.24) is 9.62 Å². The predicted octanol–water partition coefficient (Wildman–Crippen LogP) is 0.0774. The molecule has 0 spiro atoms. The maximum absolute atomic E-state index is 12.0. The molecule has 0 saturated heterocycles. The van der Waals surface area contributed by atoms with Gasteiger partial charge in [-0.25, -0.2) is 13.1 Å². The zero-order chi connectivity index (χ0) is 15.3. The number of carbonyl (C=O) groups is 1. The molecule has 0 unspecified atom stereocenters. The number of nitrogens with zero attached hydrogens (tertiary/aromatic N) is 1. The highest BCUT2D eigenvalue weighted by molar-refractivity contribution is 7.89. The van der Waals surface area contributed by atoms with Crippen LogP contribution in [0.25, 0.3) is 0 Å². The van der Waals surface area contributed by atoms with Crippen molar-refractivity contribution < 1.29 is 13.2 Å². The maximum Gasteiger partial charge on any atom is 0.240 e. The Morgan fingerprint density at radius 3 is 2.30 bits per heavy atom. The van der Waals surface area contributed by atoms with Gasteiger partial charge >= 0.3 is 0 Å². The second-order valence-corrected chi connectivity index (χ2v) is 6.53. The van der Waals surface area contributed by atoms with Gasteiger partial charge in [-0.2, -0.15) is 0 Å². The minimum atomic E-state index is -3.63. The largest absolute Gasteiger partial charge is 0.389 e. The van der Waals surface area contributed by atoms with Crippen molar-refractivity contribution in [3.05, 3.63) is 29.8 Å². The van der Waals surface area contributed by atoms with E-state index in [0.29, 0.717) is 5.56 Å². The highest BCUT2D eigenvalue weighted by Gasteiger charge is 2.14. The fourth-order valence-corrected chi connectivity index (χ4v) is 2.57. The molecule has 8 heteroatoms. The summed E-state index contributed by atoms with van der Waals surface area (Å²) in [5, 5.41) is 0. The average Bonchev–Trinajstić information content (AvgIpc) is 2.38. The molecule has 0 aliphatic heterocycles. The summed E-state index contributed by atoms with van der Waals surface area (Å²) in [7, 11) is -0.396. The monoisotopic (exact) mass is 315 g/mol. The van der Waals surface area contributed by atoms with Crippen LogP contribution in [-0.4, -0.2) is 44.9 Å². The van der Waals surface area contributed by atoms with Crippen molar-refractivity contribution in [3.8, 4) is 0 Å². The first-order valence-electron chi connectivity index (χ1n) is 5.84. The third-order valence-corrected chi connectivity index (χ3v) is 4.29. The van der Waals surface area contributed by atoms with Gasteiger partial charge in [-0.1, -0.05) is 24.4 Å². The number of benzene rings is 1. The number of amides is 1. The van der Waals surface area contributed by atoms with Crippen molar-refractivity contribution in [2.75, 3.05) is 20.6 Å². The quantitative estimate of drug-likeness (QED) is 0.725. The van der Waals surface area contributed by atoms with Crippen molar-refractivity contribution in [3.63, 3.8) is 0 Å². The van der Waals surface area contributed by atoms with Crippen LogP contribution >= 0.6 is 12.2 Å². The van der Waals surface area contributed by atoms with E-state index in [1.807, 2.05) is 0 Å². The molecule has 0 aliphatic rings. The van der Waals surface area contributed by atoms with Crippen molar-refractivity contribution >= 4 is 33.1 Å². The molecule has 6 nitrogen and oxygen atoms in total. The normalized spacial score (nSPS) is 11.1. The Bertz CT molecular complexity index is 595. The first kappa shape index (κ1) is 16.5. The number of thiocarbonyl (C=S) groups is 1. The van der Waals surface area contributed by atoms with Gasteiger partial charge in [0, 0.05) is 32.6 Å². The lowest BCUT2D eigenvalue weighted by molar-refractivity contribution is -0.128. The van der Waals surface area contributed by atoms with Crippen LogP contribution in [0, 0.1) is 0 Å². The molecule has 1 amide bonds. The first-order chi connectivity index (χ1) is 9.24. The van der Waals surface area contributed by atoms with Gasteiger partial charge in [-0.15, -0.1) is 0 Å². The van der Waals surface area contributed by atoms with Gasteiger partial charge in [0.15, 0.2) is 0 Å². The van der Waals surface area contributed by atoms with E-state index in [4.69, 9.17) is 18.0 Å². The van der Waals surface area contributed by atoms with Crippen LogP contribution in [0.3, 0.4) is 0 Å². The van der Waals surface area contributed by atoms with E-state index in [9.17, 15) is 13.2 Å². The highest BCUT2D eigenvalue weighted by atomic mass is 32.2. The van der Waals surface area contributed by atoms with E-state index in [0.717, 1.165) is 0 Å². The molecule has 1 rings (SSSR count). The van der Waals surface area contributed by atoms with Gasteiger partial charge in [-0.3, -0.25) is 4.79 Å². The summed E-state index contributed by atoms with van der Waals surface area (Å²) in [6.45, 7) is 0.0520. The summed E-state index contributed by atoms with van der Waals surface area (Å²) in [5.74, 6) is -0.142. The summed E-state index contributed by atoms with van der Waals surface area (Å²) < 4.78 is 26.3. The first-order valence-corrected chi connectivity index (χ1v) is 7.73. The van der Waals surface area contributed by atoms with Crippen LogP contribution in [0.15, 0.2) is 29.2 Å². The van der Waals surface area contributed by atoms with Crippen molar-refractivity contribution in [1.29, 1.82) is 0 Å². The minimum absolute atomic E-state index is 0.0520. The molecule has 0 radical (unpaired) electrons. The van der Waals surface area contributed by atoms with Crippen LogP contribution in [0.5, 0.6) is 0 Å². The Balaban J connectivity index is 2.69.